The highest BCUT2D eigenvalue weighted by atomic mass is 35.5. The average molecular weight is 285 g/mol. The van der Waals surface area contributed by atoms with E-state index in [1.54, 1.807) is 0 Å². The van der Waals surface area contributed by atoms with E-state index in [1.807, 2.05) is 6.20 Å². The number of carbonyl (C=O) groups is 1. The van der Waals surface area contributed by atoms with Gasteiger partial charge in [-0.05, 0) is 25.7 Å². The van der Waals surface area contributed by atoms with Gasteiger partial charge in [-0.25, -0.2) is 4.98 Å². The average Bonchev–Trinajstić information content (AvgIpc) is 2.82. The Hall–Kier alpha value is -1.03. The number of halogens is 1. The molecule has 0 saturated heterocycles. The molecule has 3 rings (SSSR count). The molecule has 1 atom stereocenters. The van der Waals surface area contributed by atoms with Crippen molar-refractivity contribution in [2.24, 2.45) is 5.92 Å². The zero-order chi connectivity index (χ0) is 12.5. The number of aliphatic carboxylic acids is 1. The number of hydrogen-bond acceptors (Lipinski definition) is 2. The molecular formula is C14H21ClN2O2. The zero-order valence-corrected chi connectivity index (χ0v) is 11.9. The fourth-order valence-electron chi connectivity index (χ4n) is 3.36. The van der Waals surface area contributed by atoms with Gasteiger partial charge in [-0.1, -0.05) is 19.3 Å². The molecule has 2 heterocycles. The van der Waals surface area contributed by atoms with Crippen molar-refractivity contribution >= 4 is 18.4 Å². The minimum atomic E-state index is -0.663. The van der Waals surface area contributed by atoms with Crippen molar-refractivity contribution in [2.75, 3.05) is 0 Å². The molecule has 1 aliphatic heterocycles. The Labute approximate surface area is 119 Å². The molecule has 0 amide bonds. The zero-order valence-electron chi connectivity index (χ0n) is 11.0. The summed E-state index contributed by atoms with van der Waals surface area (Å²) in [5, 5.41) is 9.17. The van der Waals surface area contributed by atoms with E-state index in [4.69, 9.17) is 5.11 Å². The van der Waals surface area contributed by atoms with Gasteiger partial charge in [0.2, 0.25) is 0 Å². The van der Waals surface area contributed by atoms with Gasteiger partial charge in [0.15, 0.2) is 0 Å². The topological polar surface area (TPSA) is 55.1 Å². The summed E-state index contributed by atoms with van der Waals surface area (Å²) in [5.74, 6) is 0.814. The summed E-state index contributed by atoms with van der Waals surface area (Å²) in [6.45, 7) is 0.622. The number of nitrogens with zero attached hydrogens (tertiary/aromatic N) is 2. The van der Waals surface area contributed by atoms with Crippen LogP contribution in [0.3, 0.4) is 0 Å². The highest BCUT2D eigenvalue weighted by Crippen LogP contribution is 2.34. The highest BCUT2D eigenvalue weighted by molar-refractivity contribution is 5.85. The maximum absolute atomic E-state index is 11.1. The lowest BCUT2D eigenvalue weighted by atomic mass is 9.88. The first-order valence-electron chi connectivity index (χ1n) is 7.03. The molecule has 1 aromatic heterocycles. The van der Waals surface area contributed by atoms with Crippen molar-refractivity contribution < 1.29 is 9.90 Å². The van der Waals surface area contributed by atoms with Crippen LogP contribution >= 0.6 is 12.4 Å². The Morgan fingerprint density at radius 3 is 2.68 bits per heavy atom. The number of rotatable bonds is 2. The van der Waals surface area contributed by atoms with Gasteiger partial charge in [0.1, 0.15) is 5.82 Å². The van der Waals surface area contributed by atoms with Crippen LogP contribution in [0.4, 0.5) is 0 Å². The number of aryl methyl sites for hydroxylation is 1. The Morgan fingerprint density at radius 2 is 2.00 bits per heavy atom. The van der Waals surface area contributed by atoms with Crippen LogP contribution in [0.15, 0.2) is 6.20 Å². The Morgan fingerprint density at radius 1 is 1.26 bits per heavy atom. The molecule has 1 N–H and O–H groups in total. The second-order valence-corrected chi connectivity index (χ2v) is 5.63. The molecule has 1 aromatic rings. The summed E-state index contributed by atoms with van der Waals surface area (Å²) in [7, 11) is 0. The highest BCUT2D eigenvalue weighted by Gasteiger charge is 2.29. The van der Waals surface area contributed by atoms with Crippen molar-refractivity contribution in [1.82, 2.24) is 9.55 Å². The van der Waals surface area contributed by atoms with E-state index in [-0.39, 0.29) is 18.3 Å². The molecular weight excluding hydrogens is 264 g/mol. The van der Waals surface area contributed by atoms with Crippen LogP contribution in [0.2, 0.25) is 0 Å². The smallest absolute Gasteiger partial charge is 0.308 e. The quantitative estimate of drug-likeness (QED) is 0.908. The van der Waals surface area contributed by atoms with Crippen LogP contribution in [0.1, 0.15) is 56.0 Å². The number of hydrogen-bond donors (Lipinski definition) is 1. The first-order chi connectivity index (χ1) is 8.75. The molecule has 1 unspecified atom stereocenters. The van der Waals surface area contributed by atoms with E-state index >= 15 is 0 Å². The third kappa shape index (κ3) is 2.78. The molecule has 0 bridgehead atoms. The normalized spacial score (nSPS) is 23.5. The summed E-state index contributed by atoms with van der Waals surface area (Å²) >= 11 is 0. The van der Waals surface area contributed by atoms with Crippen molar-refractivity contribution in [2.45, 2.75) is 57.4 Å². The third-order valence-electron chi connectivity index (χ3n) is 4.44. The Bertz CT molecular complexity index is 452. The Balaban J connectivity index is 0.00000133. The van der Waals surface area contributed by atoms with Crippen LogP contribution in [0.5, 0.6) is 0 Å². The van der Waals surface area contributed by atoms with Gasteiger partial charge in [-0.2, -0.15) is 0 Å². The van der Waals surface area contributed by atoms with Gasteiger partial charge in [0, 0.05) is 24.4 Å². The molecule has 5 heteroatoms. The van der Waals surface area contributed by atoms with Gasteiger partial charge in [0.25, 0.3) is 0 Å². The number of imidazole rings is 1. The van der Waals surface area contributed by atoms with E-state index in [0.717, 1.165) is 18.7 Å². The lowest BCUT2D eigenvalue weighted by Crippen LogP contribution is -2.28. The fourth-order valence-corrected chi connectivity index (χ4v) is 3.36. The summed E-state index contributed by atoms with van der Waals surface area (Å²) in [6, 6.07) is 0. The van der Waals surface area contributed by atoms with E-state index < -0.39 is 5.97 Å². The monoisotopic (exact) mass is 284 g/mol. The van der Waals surface area contributed by atoms with E-state index in [1.165, 1.54) is 37.8 Å². The van der Waals surface area contributed by atoms with Gasteiger partial charge in [-0.3, -0.25) is 4.79 Å². The summed E-state index contributed by atoms with van der Waals surface area (Å²) in [6.07, 6.45) is 9.92. The summed E-state index contributed by atoms with van der Waals surface area (Å²) in [5.41, 5.74) is 1.23. The standard InChI is InChI=1S/C14H20N2O2.ClH/c17-14(18)11-6-7-12-8-15-13(16(12)9-11)10-4-2-1-3-5-10;/h8,10-11H,1-7,9H2,(H,17,18);1H. The van der Waals surface area contributed by atoms with Crippen molar-refractivity contribution in [3.8, 4) is 0 Å². The molecule has 0 aromatic carbocycles. The van der Waals surface area contributed by atoms with Crippen LogP contribution in [0, 0.1) is 5.92 Å². The maximum Gasteiger partial charge on any atom is 0.308 e. The first kappa shape index (κ1) is 14.4. The van der Waals surface area contributed by atoms with Gasteiger partial charge in [-0.15, -0.1) is 12.4 Å². The van der Waals surface area contributed by atoms with Gasteiger partial charge >= 0.3 is 5.97 Å². The lowest BCUT2D eigenvalue weighted by molar-refractivity contribution is -0.142. The summed E-state index contributed by atoms with van der Waals surface area (Å²) < 4.78 is 2.19. The minimum Gasteiger partial charge on any atom is -0.481 e. The van der Waals surface area contributed by atoms with E-state index in [0.29, 0.717) is 12.5 Å². The molecule has 1 aliphatic carbocycles. The predicted octanol–water partition coefficient (Wildman–Crippen LogP) is 3.00. The minimum absolute atomic E-state index is 0. The number of carboxylic acids is 1. The van der Waals surface area contributed by atoms with Crippen LogP contribution in [-0.4, -0.2) is 20.6 Å². The third-order valence-corrected chi connectivity index (χ3v) is 4.44. The molecule has 19 heavy (non-hydrogen) atoms. The SMILES string of the molecule is Cl.O=C(O)C1CCc2cnc(C3CCCCC3)n2C1. The second kappa shape index (κ2) is 5.95. The maximum atomic E-state index is 11.1. The molecule has 1 fully saturated rings. The second-order valence-electron chi connectivity index (χ2n) is 5.63. The number of fused-ring (bicyclic) bond motifs is 1. The van der Waals surface area contributed by atoms with Crippen LogP contribution in [0.25, 0.3) is 0 Å². The van der Waals surface area contributed by atoms with Crippen molar-refractivity contribution in [3.05, 3.63) is 17.7 Å². The fraction of sp³-hybridized carbons (Fsp3) is 0.714. The Kier molecular flexibility index (Phi) is 4.50. The van der Waals surface area contributed by atoms with Crippen molar-refractivity contribution in [1.29, 1.82) is 0 Å². The molecule has 4 nitrogen and oxygen atoms in total. The molecule has 0 spiro atoms. The lowest BCUT2D eigenvalue weighted by Gasteiger charge is -2.27. The van der Waals surface area contributed by atoms with Crippen LogP contribution in [-0.2, 0) is 17.8 Å². The molecule has 1 saturated carbocycles. The first-order valence-corrected chi connectivity index (χ1v) is 7.03. The molecule has 106 valence electrons. The summed E-state index contributed by atoms with van der Waals surface area (Å²) in [4.78, 5) is 15.7. The van der Waals surface area contributed by atoms with Gasteiger partial charge in [0.05, 0.1) is 5.92 Å². The number of aromatic nitrogens is 2. The predicted molar refractivity (Wildman–Crippen MR) is 74.7 cm³/mol. The van der Waals surface area contributed by atoms with E-state index in [2.05, 4.69) is 9.55 Å². The largest absolute Gasteiger partial charge is 0.481 e. The van der Waals surface area contributed by atoms with Gasteiger partial charge < -0.3 is 9.67 Å². The molecule has 0 radical (unpaired) electrons. The van der Waals surface area contributed by atoms with E-state index in [9.17, 15) is 4.79 Å². The van der Waals surface area contributed by atoms with Crippen LogP contribution < -0.4 is 0 Å². The van der Waals surface area contributed by atoms with Crippen molar-refractivity contribution in [3.63, 3.8) is 0 Å². The number of carboxylic acid groups (broad SMARTS) is 1. The molecule has 2 aliphatic rings.